The molecule has 2 aromatic rings. The molecule has 2 nitrogen and oxygen atoms in total. The van der Waals surface area contributed by atoms with E-state index in [1.54, 1.807) is 12.1 Å². The fraction of sp³-hybridized carbons (Fsp3) is 0.235. The van der Waals surface area contributed by atoms with Gasteiger partial charge in [0.1, 0.15) is 0 Å². The van der Waals surface area contributed by atoms with E-state index in [9.17, 15) is 4.79 Å². The molecule has 4 heteroatoms. The van der Waals surface area contributed by atoms with Gasteiger partial charge in [0.2, 0.25) is 0 Å². The Bertz CT molecular complexity index is 615. The lowest BCUT2D eigenvalue weighted by Crippen LogP contribution is -2.25. The molecule has 0 bridgehead atoms. The first-order valence-electron chi connectivity index (χ1n) is 6.86. The molecule has 0 heterocycles. The van der Waals surface area contributed by atoms with Gasteiger partial charge in [-0.3, -0.25) is 4.79 Å². The normalized spacial score (nSPS) is 12.0. The van der Waals surface area contributed by atoms with Gasteiger partial charge in [0, 0.05) is 15.7 Å². The Morgan fingerprint density at radius 3 is 2.62 bits per heavy atom. The van der Waals surface area contributed by atoms with Crippen molar-refractivity contribution in [3.63, 3.8) is 0 Å². The second kappa shape index (κ2) is 7.80. The van der Waals surface area contributed by atoms with E-state index >= 15 is 0 Å². The van der Waals surface area contributed by atoms with Crippen LogP contribution in [0.5, 0.6) is 0 Å². The van der Waals surface area contributed by atoms with Crippen LogP contribution < -0.4 is 5.32 Å². The highest BCUT2D eigenvalue weighted by Gasteiger charge is 2.09. The first-order valence-corrected chi connectivity index (χ1v) is 8.32. The molecule has 0 aliphatic heterocycles. The maximum Gasteiger partial charge on any atom is 0.251 e. The third kappa shape index (κ3) is 4.71. The van der Waals surface area contributed by atoms with E-state index in [-0.39, 0.29) is 5.91 Å². The minimum absolute atomic E-state index is 0.0754. The molecule has 1 atom stereocenters. The zero-order valence-corrected chi connectivity index (χ0v) is 14.7. The lowest BCUT2D eigenvalue weighted by atomic mass is 9.98. The fourth-order valence-electron chi connectivity index (χ4n) is 2.09. The molecule has 0 fully saturated rings. The Morgan fingerprint density at radius 1 is 1.24 bits per heavy atom. The molecule has 0 aliphatic carbocycles. The van der Waals surface area contributed by atoms with Crippen LogP contribution in [-0.2, 0) is 0 Å². The first kappa shape index (κ1) is 16.3. The highest BCUT2D eigenvalue weighted by atomic mass is 127. The van der Waals surface area contributed by atoms with Gasteiger partial charge in [-0.1, -0.05) is 48.9 Å². The van der Waals surface area contributed by atoms with Crippen LogP contribution in [0.4, 0.5) is 0 Å². The predicted octanol–water partition coefficient (Wildman–Crippen LogP) is 4.87. The highest BCUT2D eigenvalue weighted by Crippen LogP contribution is 2.20. The van der Waals surface area contributed by atoms with Crippen LogP contribution in [0.3, 0.4) is 0 Å². The van der Waals surface area contributed by atoms with E-state index in [0.29, 0.717) is 23.0 Å². The molecule has 1 unspecified atom stereocenters. The van der Waals surface area contributed by atoms with Crippen LogP contribution in [0.25, 0.3) is 0 Å². The molecule has 0 radical (unpaired) electrons. The van der Waals surface area contributed by atoms with Gasteiger partial charge < -0.3 is 5.32 Å². The van der Waals surface area contributed by atoms with E-state index in [1.807, 2.05) is 24.3 Å². The molecule has 2 aromatic carbocycles. The smallest absolute Gasteiger partial charge is 0.251 e. The zero-order chi connectivity index (χ0) is 15.2. The number of hydrogen-bond donors (Lipinski definition) is 1. The average Bonchev–Trinajstić information content (AvgIpc) is 2.50. The predicted molar refractivity (Wildman–Crippen MR) is 96.0 cm³/mol. The summed E-state index contributed by atoms with van der Waals surface area (Å²) in [6.07, 6.45) is 0.911. The SMILES string of the molecule is CC(CCNC(=O)c1ccc(I)c(Cl)c1)c1ccccc1. The van der Waals surface area contributed by atoms with E-state index in [4.69, 9.17) is 11.6 Å². The average molecular weight is 414 g/mol. The summed E-state index contributed by atoms with van der Waals surface area (Å²) in [6.45, 7) is 2.82. The minimum Gasteiger partial charge on any atom is -0.352 e. The number of carbonyl (C=O) groups is 1. The monoisotopic (exact) mass is 413 g/mol. The van der Waals surface area contributed by atoms with Crippen molar-refractivity contribution >= 4 is 40.1 Å². The van der Waals surface area contributed by atoms with Crippen molar-refractivity contribution in [1.29, 1.82) is 0 Å². The maximum atomic E-state index is 12.1. The molecule has 0 saturated heterocycles. The summed E-state index contributed by atoms with van der Waals surface area (Å²) in [6, 6.07) is 15.7. The van der Waals surface area contributed by atoms with E-state index < -0.39 is 0 Å². The van der Waals surface area contributed by atoms with E-state index in [0.717, 1.165) is 9.99 Å². The Kier molecular flexibility index (Phi) is 6.06. The molecule has 110 valence electrons. The summed E-state index contributed by atoms with van der Waals surface area (Å²) in [5.41, 5.74) is 1.90. The third-order valence-corrected chi connectivity index (χ3v) is 4.99. The Morgan fingerprint density at radius 2 is 1.95 bits per heavy atom. The summed E-state index contributed by atoms with van der Waals surface area (Å²) in [5.74, 6) is 0.348. The van der Waals surface area contributed by atoms with Gasteiger partial charge in [-0.25, -0.2) is 0 Å². The van der Waals surface area contributed by atoms with Gasteiger partial charge in [0.05, 0.1) is 5.02 Å². The number of hydrogen-bond acceptors (Lipinski definition) is 1. The van der Waals surface area contributed by atoms with Crippen molar-refractivity contribution in [3.8, 4) is 0 Å². The topological polar surface area (TPSA) is 29.1 Å². The van der Waals surface area contributed by atoms with Crippen LogP contribution in [-0.4, -0.2) is 12.5 Å². The van der Waals surface area contributed by atoms with Crippen LogP contribution in [0.15, 0.2) is 48.5 Å². The van der Waals surface area contributed by atoms with Gasteiger partial charge in [-0.2, -0.15) is 0 Å². The van der Waals surface area contributed by atoms with Crippen LogP contribution >= 0.6 is 34.2 Å². The molecule has 1 N–H and O–H groups in total. The third-order valence-electron chi connectivity index (χ3n) is 3.41. The number of benzene rings is 2. The van der Waals surface area contributed by atoms with Crippen molar-refractivity contribution < 1.29 is 4.79 Å². The molecule has 21 heavy (non-hydrogen) atoms. The molecule has 1 amide bonds. The lowest BCUT2D eigenvalue weighted by Gasteiger charge is -2.12. The maximum absolute atomic E-state index is 12.1. The Labute approximate surface area is 144 Å². The van der Waals surface area contributed by atoms with Crippen molar-refractivity contribution in [2.45, 2.75) is 19.3 Å². The number of nitrogens with one attached hydrogen (secondary N) is 1. The van der Waals surface area contributed by atoms with Gasteiger partial charge in [-0.15, -0.1) is 0 Å². The number of halogens is 2. The van der Waals surface area contributed by atoms with Crippen LogP contribution in [0.2, 0.25) is 5.02 Å². The van der Waals surface area contributed by atoms with Crippen LogP contribution in [0.1, 0.15) is 35.2 Å². The minimum atomic E-state index is -0.0754. The summed E-state index contributed by atoms with van der Waals surface area (Å²) in [5, 5.41) is 3.56. The number of carbonyl (C=O) groups excluding carboxylic acids is 1. The largest absolute Gasteiger partial charge is 0.352 e. The van der Waals surface area contributed by atoms with Gasteiger partial charge in [-0.05, 0) is 58.7 Å². The molecular formula is C17H17ClINO. The number of rotatable bonds is 5. The quantitative estimate of drug-likeness (QED) is 0.696. The fourth-order valence-corrected chi connectivity index (χ4v) is 2.61. The summed E-state index contributed by atoms with van der Waals surface area (Å²) in [7, 11) is 0. The van der Waals surface area contributed by atoms with Gasteiger partial charge in [0.25, 0.3) is 5.91 Å². The van der Waals surface area contributed by atoms with Gasteiger partial charge >= 0.3 is 0 Å². The molecule has 0 aromatic heterocycles. The summed E-state index contributed by atoms with van der Waals surface area (Å²) < 4.78 is 0.948. The second-order valence-corrected chi connectivity index (χ2v) is 6.55. The Hall–Kier alpha value is -1.07. The summed E-state index contributed by atoms with van der Waals surface area (Å²) in [4.78, 5) is 12.1. The lowest BCUT2D eigenvalue weighted by molar-refractivity contribution is 0.0952. The highest BCUT2D eigenvalue weighted by molar-refractivity contribution is 14.1. The Balaban J connectivity index is 1.85. The van der Waals surface area contributed by atoms with Gasteiger partial charge in [0.15, 0.2) is 0 Å². The standard InChI is InChI=1S/C17H17ClINO/c1-12(13-5-3-2-4-6-13)9-10-20-17(21)14-7-8-16(19)15(18)11-14/h2-8,11-12H,9-10H2,1H3,(H,20,21). The van der Waals surface area contributed by atoms with Crippen molar-refractivity contribution in [2.24, 2.45) is 0 Å². The summed E-state index contributed by atoms with van der Waals surface area (Å²) >= 11 is 8.18. The molecule has 0 saturated carbocycles. The number of amides is 1. The van der Waals surface area contributed by atoms with Crippen molar-refractivity contribution in [3.05, 3.63) is 68.3 Å². The van der Waals surface area contributed by atoms with Crippen molar-refractivity contribution in [1.82, 2.24) is 5.32 Å². The zero-order valence-electron chi connectivity index (χ0n) is 11.8. The first-order chi connectivity index (χ1) is 10.1. The molecule has 0 spiro atoms. The second-order valence-electron chi connectivity index (χ2n) is 4.99. The molecular weight excluding hydrogens is 397 g/mol. The van der Waals surface area contributed by atoms with E-state index in [2.05, 4.69) is 47.0 Å². The molecule has 2 rings (SSSR count). The molecule has 0 aliphatic rings. The van der Waals surface area contributed by atoms with Crippen molar-refractivity contribution in [2.75, 3.05) is 6.54 Å². The van der Waals surface area contributed by atoms with E-state index in [1.165, 1.54) is 5.56 Å². The van der Waals surface area contributed by atoms with Crippen LogP contribution in [0, 0.1) is 3.57 Å².